The molecule has 0 aliphatic rings. The van der Waals surface area contributed by atoms with E-state index in [2.05, 4.69) is 16.0 Å². The highest BCUT2D eigenvalue weighted by Crippen LogP contribution is 2.19. The Morgan fingerprint density at radius 3 is 2.33 bits per heavy atom. The lowest BCUT2D eigenvalue weighted by atomic mass is 10.0. The van der Waals surface area contributed by atoms with Crippen molar-refractivity contribution in [3.63, 3.8) is 0 Å². The SMILES string of the molecule is CNC(=O)CNC(=O)COC(=O)[C@@H](NC(=O)Cc1cccc2ccccc12)C(C)C. The Morgan fingerprint density at radius 1 is 0.933 bits per heavy atom. The molecule has 0 unspecified atom stereocenters. The average molecular weight is 413 g/mol. The van der Waals surface area contributed by atoms with Crippen LogP contribution in [0.3, 0.4) is 0 Å². The van der Waals surface area contributed by atoms with E-state index >= 15 is 0 Å². The van der Waals surface area contributed by atoms with E-state index in [0.717, 1.165) is 16.3 Å². The van der Waals surface area contributed by atoms with Crippen LogP contribution >= 0.6 is 0 Å². The van der Waals surface area contributed by atoms with Crippen LogP contribution in [0.1, 0.15) is 19.4 Å². The third kappa shape index (κ3) is 6.58. The van der Waals surface area contributed by atoms with E-state index in [9.17, 15) is 19.2 Å². The molecule has 0 aliphatic heterocycles. The van der Waals surface area contributed by atoms with Gasteiger partial charge in [-0.15, -0.1) is 0 Å². The summed E-state index contributed by atoms with van der Waals surface area (Å²) in [7, 11) is 1.45. The number of carbonyl (C=O) groups excluding carboxylic acids is 4. The highest BCUT2D eigenvalue weighted by molar-refractivity contribution is 5.92. The van der Waals surface area contributed by atoms with Crippen molar-refractivity contribution < 1.29 is 23.9 Å². The van der Waals surface area contributed by atoms with Gasteiger partial charge >= 0.3 is 5.97 Å². The molecule has 30 heavy (non-hydrogen) atoms. The number of amides is 3. The van der Waals surface area contributed by atoms with E-state index in [0.29, 0.717) is 0 Å². The minimum Gasteiger partial charge on any atom is -0.454 e. The number of likely N-dealkylation sites (N-methyl/N-ethyl adjacent to an activating group) is 1. The number of benzene rings is 2. The summed E-state index contributed by atoms with van der Waals surface area (Å²) < 4.78 is 5.02. The van der Waals surface area contributed by atoms with Gasteiger partial charge < -0.3 is 20.7 Å². The number of rotatable bonds is 9. The van der Waals surface area contributed by atoms with E-state index in [1.807, 2.05) is 42.5 Å². The standard InChI is InChI=1S/C22H27N3O5/c1-14(2)21(22(29)30-13-20(28)24-12-19(27)23-3)25-18(26)11-16-9-6-8-15-7-4-5-10-17(15)16/h4-10,14,21H,11-13H2,1-3H3,(H,23,27)(H,24,28)(H,25,26)/t21-/m0/s1. The molecule has 160 valence electrons. The zero-order valence-electron chi connectivity index (χ0n) is 17.4. The quantitative estimate of drug-likeness (QED) is 0.529. The molecule has 3 amide bonds. The van der Waals surface area contributed by atoms with Gasteiger partial charge in [-0.25, -0.2) is 4.79 Å². The first-order valence-electron chi connectivity index (χ1n) is 9.71. The van der Waals surface area contributed by atoms with Crippen molar-refractivity contribution in [2.45, 2.75) is 26.3 Å². The van der Waals surface area contributed by atoms with Gasteiger partial charge in [0.1, 0.15) is 6.04 Å². The maximum absolute atomic E-state index is 12.6. The monoisotopic (exact) mass is 413 g/mol. The summed E-state index contributed by atoms with van der Waals surface area (Å²) in [6, 6.07) is 12.6. The Hall–Kier alpha value is -3.42. The smallest absolute Gasteiger partial charge is 0.329 e. The average Bonchev–Trinajstić information content (AvgIpc) is 2.74. The second kappa shape index (κ2) is 10.9. The molecule has 0 aromatic heterocycles. The molecule has 0 saturated heterocycles. The summed E-state index contributed by atoms with van der Waals surface area (Å²) in [6.45, 7) is 2.81. The molecule has 2 rings (SSSR count). The molecule has 0 aliphatic carbocycles. The number of hydrogen-bond acceptors (Lipinski definition) is 5. The lowest BCUT2D eigenvalue weighted by Crippen LogP contribution is -2.47. The maximum atomic E-state index is 12.6. The molecular weight excluding hydrogens is 386 g/mol. The van der Waals surface area contributed by atoms with Crippen molar-refractivity contribution in [1.82, 2.24) is 16.0 Å². The minimum atomic E-state index is -0.890. The Bertz CT molecular complexity index is 921. The van der Waals surface area contributed by atoms with E-state index in [-0.39, 0.29) is 30.7 Å². The van der Waals surface area contributed by atoms with Gasteiger partial charge in [-0.3, -0.25) is 14.4 Å². The summed E-state index contributed by atoms with van der Waals surface area (Å²) in [5, 5.41) is 9.41. The van der Waals surface area contributed by atoms with Crippen molar-refractivity contribution in [2.75, 3.05) is 20.2 Å². The lowest BCUT2D eigenvalue weighted by Gasteiger charge is -2.21. The molecular formula is C22H27N3O5. The van der Waals surface area contributed by atoms with Gasteiger partial charge in [0.05, 0.1) is 13.0 Å². The summed E-state index contributed by atoms with van der Waals surface area (Å²) in [6.07, 6.45) is 0.116. The van der Waals surface area contributed by atoms with Crippen molar-refractivity contribution in [2.24, 2.45) is 5.92 Å². The highest BCUT2D eigenvalue weighted by Gasteiger charge is 2.26. The van der Waals surface area contributed by atoms with Crippen molar-refractivity contribution in [1.29, 1.82) is 0 Å². The second-order valence-corrected chi connectivity index (χ2v) is 7.16. The van der Waals surface area contributed by atoms with Crippen LogP contribution < -0.4 is 16.0 Å². The van der Waals surface area contributed by atoms with Gasteiger partial charge in [0, 0.05) is 7.05 Å². The van der Waals surface area contributed by atoms with E-state index in [1.54, 1.807) is 13.8 Å². The molecule has 2 aromatic rings. The Labute approximate surface area is 175 Å². The van der Waals surface area contributed by atoms with Crippen LogP contribution in [0.25, 0.3) is 10.8 Å². The summed E-state index contributed by atoms with van der Waals surface area (Å²) in [4.78, 5) is 47.8. The molecule has 0 bridgehead atoms. The highest BCUT2D eigenvalue weighted by atomic mass is 16.5. The Morgan fingerprint density at radius 2 is 1.63 bits per heavy atom. The van der Waals surface area contributed by atoms with Crippen LogP contribution in [0.15, 0.2) is 42.5 Å². The molecule has 0 heterocycles. The first-order chi connectivity index (χ1) is 14.3. The van der Waals surface area contributed by atoms with Gasteiger partial charge in [-0.05, 0) is 22.3 Å². The second-order valence-electron chi connectivity index (χ2n) is 7.16. The Kier molecular flexibility index (Phi) is 8.34. The summed E-state index contributed by atoms with van der Waals surface area (Å²) in [5.41, 5.74) is 0.857. The zero-order chi connectivity index (χ0) is 22.1. The molecule has 3 N–H and O–H groups in total. The third-order valence-corrected chi connectivity index (χ3v) is 4.54. The van der Waals surface area contributed by atoms with Crippen LogP contribution in [0.2, 0.25) is 0 Å². The number of ether oxygens (including phenoxy) is 1. The fourth-order valence-corrected chi connectivity index (χ4v) is 2.89. The first-order valence-corrected chi connectivity index (χ1v) is 9.71. The number of carbonyl (C=O) groups is 4. The fourth-order valence-electron chi connectivity index (χ4n) is 2.89. The van der Waals surface area contributed by atoms with Gasteiger partial charge in [-0.2, -0.15) is 0 Å². The van der Waals surface area contributed by atoms with Crippen molar-refractivity contribution in [3.8, 4) is 0 Å². The third-order valence-electron chi connectivity index (χ3n) is 4.54. The number of fused-ring (bicyclic) bond motifs is 1. The van der Waals surface area contributed by atoms with Crippen LogP contribution in [0.5, 0.6) is 0 Å². The zero-order valence-corrected chi connectivity index (χ0v) is 17.4. The van der Waals surface area contributed by atoms with Crippen molar-refractivity contribution in [3.05, 3.63) is 48.0 Å². The number of hydrogen-bond donors (Lipinski definition) is 3. The van der Waals surface area contributed by atoms with Crippen LogP contribution in [-0.4, -0.2) is 49.9 Å². The number of nitrogens with one attached hydrogen (secondary N) is 3. The summed E-state index contributed by atoms with van der Waals surface area (Å²) in [5.74, 6) is -2.22. The molecule has 0 fully saturated rings. The Balaban J connectivity index is 1.94. The van der Waals surface area contributed by atoms with Crippen LogP contribution in [-0.2, 0) is 30.3 Å². The van der Waals surface area contributed by atoms with E-state index in [1.165, 1.54) is 7.05 Å². The number of esters is 1. The minimum absolute atomic E-state index is 0.116. The van der Waals surface area contributed by atoms with E-state index in [4.69, 9.17) is 4.74 Å². The predicted octanol–water partition coefficient (Wildman–Crippen LogP) is 0.929. The van der Waals surface area contributed by atoms with Gasteiger partial charge in [0.15, 0.2) is 6.61 Å². The molecule has 0 radical (unpaired) electrons. The maximum Gasteiger partial charge on any atom is 0.329 e. The molecule has 8 nitrogen and oxygen atoms in total. The van der Waals surface area contributed by atoms with Gasteiger partial charge in [-0.1, -0.05) is 56.3 Å². The normalized spacial score (nSPS) is 11.6. The molecule has 1 atom stereocenters. The molecule has 2 aromatic carbocycles. The molecule has 0 saturated carbocycles. The largest absolute Gasteiger partial charge is 0.454 e. The fraction of sp³-hybridized carbons (Fsp3) is 0.364. The molecule has 0 spiro atoms. The van der Waals surface area contributed by atoms with Gasteiger partial charge in [0.2, 0.25) is 11.8 Å². The predicted molar refractivity (Wildman–Crippen MR) is 112 cm³/mol. The van der Waals surface area contributed by atoms with Crippen molar-refractivity contribution >= 4 is 34.5 Å². The topological polar surface area (TPSA) is 114 Å². The first kappa shape index (κ1) is 22.9. The lowest BCUT2D eigenvalue weighted by molar-refractivity contribution is -0.152. The van der Waals surface area contributed by atoms with E-state index < -0.39 is 24.5 Å². The molecule has 8 heteroatoms. The van der Waals surface area contributed by atoms with Crippen LogP contribution in [0, 0.1) is 5.92 Å². The van der Waals surface area contributed by atoms with Crippen LogP contribution in [0.4, 0.5) is 0 Å². The van der Waals surface area contributed by atoms with Gasteiger partial charge in [0.25, 0.3) is 5.91 Å². The summed E-state index contributed by atoms with van der Waals surface area (Å²) >= 11 is 0.